The zero-order valence-electron chi connectivity index (χ0n) is 15.5. The predicted octanol–water partition coefficient (Wildman–Crippen LogP) is 2.63. The summed E-state index contributed by atoms with van der Waals surface area (Å²) in [6.45, 7) is 4.71. The van der Waals surface area contributed by atoms with Gasteiger partial charge < -0.3 is 23.9 Å². The fourth-order valence-corrected chi connectivity index (χ4v) is 2.68. The average molecular weight is 381 g/mol. The first kappa shape index (κ1) is 19.9. The molecule has 8 nitrogen and oxygen atoms in total. The molecule has 0 fully saturated rings. The minimum atomic E-state index is -0.0729. The Morgan fingerprint density at radius 1 is 1.15 bits per heavy atom. The lowest BCUT2D eigenvalue weighted by atomic mass is 10.2. The van der Waals surface area contributed by atoms with Gasteiger partial charge in [-0.05, 0) is 18.1 Å². The van der Waals surface area contributed by atoms with Crippen molar-refractivity contribution in [1.29, 1.82) is 0 Å². The summed E-state index contributed by atoms with van der Waals surface area (Å²) in [6, 6.07) is 3.44. The van der Waals surface area contributed by atoms with Crippen molar-refractivity contribution in [2.45, 2.75) is 19.1 Å². The van der Waals surface area contributed by atoms with Crippen LogP contribution in [0.4, 0.5) is 0 Å². The van der Waals surface area contributed by atoms with Crippen molar-refractivity contribution in [3.05, 3.63) is 12.1 Å². The highest BCUT2D eigenvalue weighted by Gasteiger charge is 2.18. The van der Waals surface area contributed by atoms with Crippen LogP contribution in [0.25, 0.3) is 11.5 Å². The van der Waals surface area contributed by atoms with Gasteiger partial charge in [-0.25, -0.2) is 0 Å². The third-order valence-electron chi connectivity index (χ3n) is 3.35. The quantitative estimate of drug-likeness (QED) is 0.662. The van der Waals surface area contributed by atoms with Crippen LogP contribution in [0.1, 0.15) is 13.8 Å². The molecule has 0 atom stereocenters. The van der Waals surface area contributed by atoms with Crippen LogP contribution in [-0.4, -0.2) is 49.7 Å². The van der Waals surface area contributed by atoms with Gasteiger partial charge in [0.1, 0.15) is 0 Å². The van der Waals surface area contributed by atoms with Crippen LogP contribution >= 0.6 is 11.8 Å². The highest BCUT2D eigenvalue weighted by atomic mass is 32.2. The van der Waals surface area contributed by atoms with E-state index in [1.165, 1.54) is 33.1 Å². The number of aromatic nitrogens is 2. The van der Waals surface area contributed by atoms with E-state index in [1.807, 2.05) is 13.8 Å². The number of hydrogen-bond donors (Lipinski definition) is 1. The Labute approximate surface area is 156 Å². The summed E-state index contributed by atoms with van der Waals surface area (Å²) in [5.41, 5.74) is 0.628. The second-order valence-electron chi connectivity index (χ2n) is 5.77. The van der Waals surface area contributed by atoms with Crippen molar-refractivity contribution in [2.75, 3.05) is 33.6 Å². The molecule has 0 radical (unpaired) electrons. The SMILES string of the molecule is COc1cc(-c2nnc(SCC(=O)NCC(C)C)o2)cc(OC)c1OC. The standard InChI is InChI=1S/C17H23N3O5S/c1-10(2)8-18-14(21)9-26-17-20-19-16(25-17)11-6-12(22-3)15(24-5)13(7-11)23-4/h6-7,10H,8-9H2,1-5H3,(H,18,21). The molecular weight excluding hydrogens is 358 g/mol. The molecule has 26 heavy (non-hydrogen) atoms. The number of nitrogens with one attached hydrogen (secondary N) is 1. The molecule has 1 aromatic heterocycles. The molecule has 0 aliphatic rings. The molecule has 142 valence electrons. The van der Waals surface area contributed by atoms with Gasteiger partial charge in [-0.15, -0.1) is 10.2 Å². The van der Waals surface area contributed by atoms with E-state index in [9.17, 15) is 4.79 Å². The summed E-state index contributed by atoms with van der Waals surface area (Å²) in [5, 5.41) is 11.1. The molecule has 1 amide bonds. The van der Waals surface area contributed by atoms with Crippen molar-refractivity contribution in [3.63, 3.8) is 0 Å². The normalized spacial score (nSPS) is 10.7. The summed E-state index contributed by atoms with van der Waals surface area (Å²) < 4.78 is 21.6. The van der Waals surface area contributed by atoms with E-state index in [1.54, 1.807) is 12.1 Å². The molecule has 0 aliphatic heterocycles. The minimum absolute atomic E-state index is 0.0729. The number of hydrogen-bond acceptors (Lipinski definition) is 8. The number of carbonyl (C=O) groups excluding carboxylic acids is 1. The van der Waals surface area contributed by atoms with Gasteiger partial charge in [0.2, 0.25) is 17.5 Å². The van der Waals surface area contributed by atoms with E-state index in [4.69, 9.17) is 18.6 Å². The Balaban J connectivity index is 2.10. The summed E-state index contributed by atoms with van der Waals surface area (Å²) in [6.07, 6.45) is 0. The zero-order chi connectivity index (χ0) is 19.1. The third kappa shape index (κ3) is 5.04. The van der Waals surface area contributed by atoms with Gasteiger partial charge in [0.05, 0.1) is 27.1 Å². The topological polar surface area (TPSA) is 95.7 Å². The van der Waals surface area contributed by atoms with Gasteiger partial charge in [0, 0.05) is 12.1 Å². The van der Waals surface area contributed by atoms with Gasteiger partial charge in [-0.1, -0.05) is 25.6 Å². The fourth-order valence-electron chi connectivity index (χ4n) is 2.09. The zero-order valence-corrected chi connectivity index (χ0v) is 16.3. The molecule has 1 aromatic carbocycles. The van der Waals surface area contributed by atoms with E-state index >= 15 is 0 Å². The van der Waals surface area contributed by atoms with Crippen molar-refractivity contribution >= 4 is 17.7 Å². The molecule has 0 aliphatic carbocycles. The van der Waals surface area contributed by atoms with E-state index < -0.39 is 0 Å². The largest absolute Gasteiger partial charge is 0.493 e. The molecule has 0 bridgehead atoms. The van der Waals surface area contributed by atoms with Crippen LogP contribution in [0.15, 0.2) is 21.8 Å². The van der Waals surface area contributed by atoms with Crippen molar-refractivity contribution in [2.24, 2.45) is 5.92 Å². The molecule has 0 saturated heterocycles. The summed E-state index contributed by atoms with van der Waals surface area (Å²) >= 11 is 1.18. The van der Waals surface area contributed by atoms with E-state index in [0.29, 0.717) is 46.4 Å². The monoisotopic (exact) mass is 381 g/mol. The molecule has 2 rings (SSSR count). The second-order valence-corrected chi connectivity index (χ2v) is 6.70. The van der Waals surface area contributed by atoms with Crippen LogP contribution in [0.2, 0.25) is 0 Å². The van der Waals surface area contributed by atoms with Gasteiger partial charge in [-0.2, -0.15) is 0 Å². The number of ether oxygens (including phenoxy) is 3. The fraction of sp³-hybridized carbons (Fsp3) is 0.471. The predicted molar refractivity (Wildman–Crippen MR) is 98.0 cm³/mol. The maximum absolute atomic E-state index is 11.8. The van der Waals surface area contributed by atoms with Crippen LogP contribution in [0.3, 0.4) is 0 Å². The summed E-state index contributed by atoms with van der Waals surface area (Å²) in [5.74, 6) is 2.30. The first-order valence-electron chi connectivity index (χ1n) is 8.01. The number of carbonyl (C=O) groups is 1. The van der Waals surface area contributed by atoms with E-state index in [-0.39, 0.29) is 11.7 Å². The Hall–Kier alpha value is -2.42. The highest BCUT2D eigenvalue weighted by Crippen LogP contribution is 2.41. The maximum Gasteiger partial charge on any atom is 0.277 e. The maximum atomic E-state index is 11.8. The van der Waals surface area contributed by atoms with Crippen LogP contribution < -0.4 is 19.5 Å². The van der Waals surface area contributed by atoms with Crippen LogP contribution in [0.5, 0.6) is 17.2 Å². The molecule has 0 unspecified atom stereocenters. The lowest BCUT2D eigenvalue weighted by Crippen LogP contribution is -2.28. The Kier molecular flexibility index (Phi) is 7.14. The third-order valence-corrected chi connectivity index (χ3v) is 4.17. The van der Waals surface area contributed by atoms with Crippen LogP contribution in [-0.2, 0) is 4.79 Å². The number of methoxy groups -OCH3 is 3. The lowest BCUT2D eigenvalue weighted by molar-refractivity contribution is -0.118. The Morgan fingerprint density at radius 3 is 2.35 bits per heavy atom. The molecule has 2 aromatic rings. The number of benzene rings is 1. The van der Waals surface area contributed by atoms with Gasteiger partial charge in [0.25, 0.3) is 5.22 Å². The Bertz CT molecular complexity index is 723. The molecule has 1 N–H and O–H groups in total. The number of thioether (sulfide) groups is 1. The lowest BCUT2D eigenvalue weighted by Gasteiger charge is -2.12. The van der Waals surface area contributed by atoms with E-state index in [2.05, 4.69) is 15.5 Å². The summed E-state index contributed by atoms with van der Waals surface area (Å²) in [7, 11) is 4.60. The number of rotatable bonds is 9. The first-order valence-corrected chi connectivity index (χ1v) is 9.00. The molecule has 1 heterocycles. The number of nitrogens with zero attached hydrogens (tertiary/aromatic N) is 2. The van der Waals surface area contributed by atoms with Gasteiger partial charge >= 0.3 is 0 Å². The Morgan fingerprint density at radius 2 is 1.81 bits per heavy atom. The van der Waals surface area contributed by atoms with Gasteiger partial charge in [0.15, 0.2) is 11.5 Å². The molecule has 0 spiro atoms. The molecule has 9 heteroatoms. The van der Waals surface area contributed by atoms with Crippen molar-refractivity contribution in [1.82, 2.24) is 15.5 Å². The molecular formula is C17H23N3O5S. The van der Waals surface area contributed by atoms with E-state index in [0.717, 1.165) is 0 Å². The van der Waals surface area contributed by atoms with Gasteiger partial charge in [-0.3, -0.25) is 4.79 Å². The first-order chi connectivity index (χ1) is 12.5. The number of amides is 1. The van der Waals surface area contributed by atoms with Crippen molar-refractivity contribution < 1.29 is 23.4 Å². The summed E-state index contributed by atoms with van der Waals surface area (Å²) in [4.78, 5) is 11.8. The van der Waals surface area contributed by atoms with Crippen LogP contribution in [0, 0.1) is 5.92 Å². The second kappa shape index (κ2) is 9.33. The minimum Gasteiger partial charge on any atom is -0.493 e. The average Bonchev–Trinajstić information content (AvgIpc) is 3.12. The smallest absolute Gasteiger partial charge is 0.277 e. The molecule has 0 saturated carbocycles. The highest BCUT2D eigenvalue weighted by molar-refractivity contribution is 7.99. The van der Waals surface area contributed by atoms with Crippen molar-refractivity contribution in [3.8, 4) is 28.7 Å².